The lowest BCUT2D eigenvalue weighted by molar-refractivity contribution is 0.140. The minimum Gasteiger partial charge on any atom is -0.315 e. The maximum absolute atomic E-state index is 3.21. The van der Waals surface area contributed by atoms with Gasteiger partial charge in [-0.1, -0.05) is 0 Å². The Hall–Kier alpha value is -0.420. The molecule has 1 aliphatic heterocycles. The van der Waals surface area contributed by atoms with Gasteiger partial charge in [-0.25, -0.2) is 0 Å². The van der Waals surface area contributed by atoms with Gasteiger partial charge in [-0.2, -0.15) is 0 Å². The van der Waals surface area contributed by atoms with Crippen molar-refractivity contribution in [2.45, 2.75) is 32.0 Å². The summed E-state index contributed by atoms with van der Waals surface area (Å²) in [5.74, 6) is 0. The molecule has 0 amide bonds. The molecule has 1 aromatic heterocycles. The van der Waals surface area contributed by atoms with Gasteiger partial charge in [0.1, 0.15) is 0 Å². The van der Waals surface area contributed by atoms with E-state index in [1.807, 2.05) is 18.4 Å². The summed E-state index contributed by atoms with van der Waals surface area (Å²) in [6.45, 7) is 4.57. The molecule has 2 heterocycles. The summed E-state index contributed by atoms with van der Waals surface area (Å²) in [4.78, 5) is 7.88. The van der Waals surface area contributed by atoms with E-state index in [2.05, 4.69) is 41.3 Å². The van der Waals surface area contributed by atoms with E-state index < -0.39 is 0 Å². The van der Waals surface area contributed by atoms with E-state index in [0.29, 0.717) is 0 Å². The lowest BCUT2D eigenvalue weighted by atomic mass is 10.0. The summed E-state index contributed by atoms with van der Waals surface area (Å²) in [5.41, 5.74) is 0. The Balaban J connectivity index is 1.84. The first-order chi connectivity index (χ1) is 8.69. The van der Waals surface area contributed by atoms with Gasteiger partial charge in [0, 0.05) is 28.9 Å². The SMILES string of the molecule is CNCc1ccc(CN(C)C2CCN(C)CC2)s1. The molecule has 102 valence electrons. The standard InChI is InChI=1S/C14H25N3S/c1-15-10-13-4-5-14(18-13)11-17(3)12-6-8-16(2)9-7-12/h4-5,12,15H,6-11H2,1-3H3. The van der Waals surface area contributed by atoms with Gasteiger partial charge in [0.15, 0.2) is 0 Å². The minimum atomic E-state index is 0.760. The molecule has 1 aliphatic rings. The van der Waals surface area contributed by atoms with E-state index in [1.54, 1.807) is 0 Å². The highest BCUT2D eigenvalue weighted by atomic mass is 32.1. The normalized spacial score (nSPS) is 18.7. The molecule has 0 aliphatic carbocycles. The fourth-order valence-corrected chi connectivity index (χ4v) is 3.68. The number of nitrogens with one attached hydrogen (secondary N) is 1. The van der Waals surface area contributed by atoms with Crippen molar-refractivity contribution in [3.05, 3.63) is 21.9 Å². The van der Waals surface area contributed by atoms with Crippen LogP contribution in [0.25, 0.3) is 0 Å². The van der Waals surface area contributed by atoms with Gasteiger partial charge in [-0.15, -0.1) is 11.3 Å². The van der Waals surface area contributed by atoms with Crippen LogP contribution in [0.3, 0.4) is 0 Å². The van der Waals surface area contributed by atoms with Crippen LogP contribution in [-0.2, 0) is 13.1 Å². The highest BCUT2D eigenvalue weighted by Gasteiger charge is 2.20. The van der Waals surface area contributed by atoms with Crippen molar-refractivity contribution in [2.75, 3.05) is 34.2 Å². The molecule has 2 rings (SSSR count). The van der Waals surface area contributed by atoms with Crippen LogP contribution in [0.5, 0.6) is 0 Å². The van der Waals surface area contributed by atoms with Crippen molar-refractivity contribution in [2.24, 2.45) is 0 Å². The number of nitrogens with zero attached hydrogens (tertiary/aromatic N) is 2. The second-order valence-corrected chi connectivity index (χ2v) is 6.60. The predicted octanol–water partition coefficient (Wildman–Crippen LogP) is 1.99. The third kappa shape index (κ3) is 3.79. The van der Waals surface area contributed by atoms with Crippen LogP contribution in [0.1, 0.15) is 22.6 Å². The molecule has 0 spiro atoms. The fraction of sp³-hybridized carbons (Fsp3) is 0.714. The topological polar surface area (TPSA) is 18.5 Å². The molecule has 0 bridgehead atoms. The zero-order chi connectivity index (χ0) is 13.0. The Morgan fingerprint density at radius 3 is 2.67 bits per heavy atom. The number of hydrogen-bond donors (Lipinski definition) is 1. The van der Waals surface area contributed by atoms with E-state index >= 15 is 0 Å². The third-order valence-electron chi connectivity index (χ3n) is 3.78. The van der Waals surface area contributed by atoms with E-state index in [1.165, 1.54) is 35.7 Å². The van der Waals surface area contributed by atoms with Crippen molar-refractivity contribution in [3.8, 4) is 0 Å². The maximum atomic E-state index is 3.21. The van der Waals surface area contributed by atoms with Crippen LogP contribution < -0.4 is 5.32 Å². The second-order valence-electron chi connectivity index (χ2n) is 5.35. The molecule has 1 saturated heterocycles. The van der Waals surface area contributed by atoms with Gasteiger partial charge in [0.05, 0.1) is 0 Å². The first-order valence-electron chi connectivity index (χ1n) is 6.80. The lowest BCUT2D eigenvalue weighted by Crippen LogP contribution is -2.41. The average molecular weight is 267 g/mol. The molecule has 0 aromatic carbocycles. The van der Waals surface area contributed by atoms with Crippen LogP contribution in [0.4, 0.5) is 0 Å². The van der Waals surface area contributed by atoms with Crippen LogP contribution in [0.2, 0.25) is 0 Å². The molecule has 0 saturated carbocycles. The zero-order valence-electron chi connectivity index (χ0n) is 11.8. The van der Waals surface area contributed by atoms with Crippen molar-refractivity contribution in [1.82, 2.24) is 15.1 Å². The Labute approximate surface area is 115 Å². The Kier molecular flexibility index (Phi) is 5.18. The average Bonchev–Trinajstić information content (AvgIpc) is 2.78. The molecular formula is C14H25N3S. The summed E-state index contributed by atoms with van der Waals surface area (Å²) in [6, 6.07) is 5.29. The summed E-state index contributed by atoms with van der Waals surface area (Å²) in [5, 5.41) is 3.21. The summed E-state index contributed by atoms with van der Waals surface area (Å²) < 4.78 is 0. The van der Waals surface area contributed by atoms with Gasteiger partial charge in [0.2, 0.25) is 0 Å². The van der Waals surface area contributed by atoms with Gasteiger partial charge in [-0.3, -0.25) is 4.90 Å². The molecule has 1 fully saturated rings. The number of piperidine rings is 1. The van der Waals surface area contributed by atoms with Gasteiger partial charge in [-0.05, 0) is 59.2 Å². The summed E-state index contributed by atoms with van der Waals surface area (Å²) in [7, 11) is 6.50. The molecule has 1 aromatic rings. The summed E-state index contributed by atoms with van der Waals surface area (Å²) >= 11 is 1.94. The van der Waals surface area contributed by atoms with E-state index in [9.17, 15) is 0 Å². The third-order valence-corrected chi connectivity index (χ3v) is 4.85. The molecule has 18 heavy (non-hydrogen) atoms. The zero-order valence-corrected chi connectivity index (χ0v) is 12.6. The molecule has 0 unspecified atom stereocenters. The van der Waals surface area contributed by atoms with Crippen LogP contribution in [0, 0.1) is 0 Å². The molecule has 4 heteroatoms. The Morgan fingerprint density at radius 2 is 2.00 bits per heavy atom. The number of likely N-dealkylation sites (tertiary alicyclic amines) is 1. The fourth-order valence-electron chi connectivity index (χ4n) is 2.59. The minimum absolute atomic E-state index is 0.760. The highest BCUT2D eigenvalue weighted by Crippen LogP contribution is 2.21. The van der Waals surface area contributed by atoms with E-state index in [4.69, 9.17) is 0 Å². The van der Waals surface area contributed by atoms with Crippen molar-refractivity contribution < 1.29 is 0 Å². The Bertz CT molecular complexity index is 356. The maximum Gasteiger partial charge on any atom is 0.0327 e. The molecule has 0 atom stereocenters. The molecule has 1 N–H and O–H groups in total. The van der Waals surface area contributed by atoms with Crippen molar-refractivity contribution in [1.29, 1.82) is 0 Å². The monoisotopic (exact) mass is 267 g/mol. The van der Waals surface area contributed by atoms with Gasteiger partial charge < -0.3 is 10.2 Å². The number of thiophene rings is 1. The highest BCUT2D eigenvalue weighted by molar-refractivity contribution is 7.11. The summed E-state index contributed by atoms with van der Waals surface area (Å²) in [6.07, 6.45) is 2.61. The lowest BCUT2D eigenvalue weighted by Gasteiger charge is -2.34. The van der Waals surface area contributed by atoms with Crippen molar-refractivity contribution >= 4 is 11.3 Å². The van der Waals surface area contributed by atoms with E-state index in [0.717, 1.165) is 19.1 Å². The van der Waals surface area contributed by atoms with Crippen molar-refractivity contribution in [3.63, 3.8) is 0 Å². The second kappa shape index (κ2) is 6.66. The number of rotatable bonds is 5. The molecule has 0 radical (unpaired) electrons. The first-order valence-corrected chi connectivity index (χ1v) is 7.61. The van der Waals surface area contributed by atoms with Crippen LogP contribution in [0.15, 0.2) is 12.1 Å². The quantitative estimate of drug-likeness (QED) is 0.880. The first kappa shape index (κ1) is 14.0. The van der Waals surface area contributed by atoms with Crippen LogP contribution >= 0.6 is 11.3 Å². The molecule has 3 nitrogen and oxygen atoms in total. The largest absolute Gasteiger partial charge is 0.315 e. The Morgan fingerprint density at radius 1 is 1.33 bits per heavy atom. The van der Waals surface area contributed by atoms with Gasteiger partial charge in [0.25, 0.3) is 0 Å². The smallest absolute Gasteiger partial charge is 0.0327 e. The van der Waals surface area contributed by atoms with E-state index in [-0.39, 0.29) is 0 Å². The number of hydrogen-bond acceptors (Lipinski definition) is 4. The molecular weight excluding hydrogens is 242 g/mol. The van der Waals surface area contributed by atoms with Gasteiger partial charge >= 0.3 is 0 Å². The predicted molar refractivity (Wildman–Crippen MR) is 79.1 cm³/mol. The van der Waals surface area contributed by atoms with Crippen LogP contribution in [-0.4, -0.2) is 50.1 Å².